The molecule has 4 saturated carbocycles. The van der Waals surface area contributed by atoms with Crippen LogP contribution in [-0.2, 0) is 49.8 Å². The molecule has 4 aliphatic carbocycles. The van der Waals surface area contributed by atoms with Crippen LogP contribution in [0.2, 0.25) is 0 Å². The zero-order valence-corrected chi connectivity index (χ0v) is 36.9. The number of ether oxygens (including phenoxy) is 4. The van der Waals surface area contributed by atoms with Crippen molar-refractivity contribution < 1.29 is 45.4 Å². The average molecular weight is 877 g/mol. The molecule has 12 atom stereocenters. The van der Waals surface area contributed by atoms with Gasteiger partial charge in [-0.25, -0.2) is 55.8 Å². The Labute approximate surface area is 353 Å². The second-order valence-electron chi connectivity index (χ2n) is 17.8. The van der Waals surface area contributed by atoms with E-state index in [-0.39, 0.29) is 48.3 Å². The van der Waals surface area contributed by atoms with Crippen LogP contribution in [0.25, 0.3) is 0 Å². The summed E-state index contributed by atoms with van der Waals surface area (Å²) in [7, 11) is -4.13. The second-order valence-corrected chi connectivity index (χ2v) is 21.3. The van der Waals surface area contributed by atoms with E-state index in [0.717, 1.165) is 75.5 Å². The molecule has 0 aromatic carbocycles. The highest BCUT2D eigenvalue weighted by Gasteiger charge is 2.61. The fourth-order valence-corrected chi connectivity index (χ4v) is 12.3. The Morgan fingerprint density at radius 1 is 0.667 bits per heavy atom. The van der Waals surface area contributed by atoms with Crippen LogP contribution < -0.4 is 9.44 Å². The van der Waals surface area contributed by atoms with E-state index in [0.29, 0.717) is 24.7 Å². The first-order valence-corrected chi connectivity index (χ1v) is 24.7. The summed E-state index contributed by atoms with van der Waals surface area (Å²) >= 11 is 0. The van der Waals surface area contributed by atoms with Gasteiger partial charge in [0.25, 0.3) is 0 Å². The van der Waals surface area contributed by atoms with Crippen molar-refractivity contribution in [2.75, 3.05) is 39.9 Å². The number of amides is 2. The first-order chi connectivity index (χ1) is 28.5. The first-order valence-electron chi connectivity index (χ1n) is 20.9. The predicted octanol–water partition coefficient (Wildman–Crippen LogP) is 2.90. The normalized spacial score (nSPS) is 35.7. The Bertz CT molecular complexity index is 1910. The standard InChI is InChI=1S/2C20H30N4O5S/c2*1-13-9-16(23-30(3,26)27)17(24(13)19(25)28-2)12-29-15-5-6-20(11-14(20)10-15)18-21-7-4-8-22-18/h2*4,7-8,13-17,23H,5-6,9-12H2,1-3H3/t13-,14+,15-,16+,17+,20+;13-,14-,15+,16+,17+,20-/m11/s1. The number of carbonyl (C=O) groups excluding carboxylic acids is 2. The van der Waals surface area contributed by atoms with Gasteiger partial charge in [0.15, 0.2) is 0 Å². The number of fused-ring (bicyclic) bond motifs is 2. The number of aromatic nitrogens is 4. The van der Waals surface area contributed by atoms with E-state index in [1.807, 2.05) is 26.0 Å². The Kier molecular flexibility index (Phi) is 13.1. The summed E-state index contributed by atoms with van der Waals surface area (Å²) in [5.74, 6) is 2.91. The molecule has 332 valence electrons. The van der Waals surface area contributed by atoms with Crippen LogP contribution in [0.15, 0.2) is 36.9 Å². The van der Waals surface area contributed by atoms with E-state index in [4.69, 9.17) is 18.9 Å². The average Bonchev–Trinajstić information content (AvgIpc) is 4.08. The van der Waals surface area contributed by atoms with Gasteiger partial charge in [0.1, 0.15) is 11.6 Å². The lowest BCUT2D eigenvalue weighted by Gasteiger charge is -2.32. The van der Waals surface area contributed by atoms with Crippen molar-refractivity contribution in [1.82, 2.24) is 39.2 Å². The van der Waals surface area contributed by atoms with Crippen LogP contribution in [0.3, 0.4) is 0 Å². The summed E-state index contributed by atoms with van der Waals surface area (Å²) in [5.41, 5.74) is 0.197. The van der Waals surface area contributed by atoms with E-state index in [2.05, 4.69) is 29.4 Å². The van der Waals surface area contributed by atoms with Crippen molar-refractivity contribution in [3.8, 4) is 0 Å². The number of sulfonamides is 2. The maximum Gasteiger partial charge on any atom is 0.410 e. The molecule has 8 rings (SSSR count). The molecule has 6 fully saturated rings. The molecule has 0 bridgehead atoms. The molecule has 2 amide bonds. The minimum Gasteiger partial charge on any atom is -0.453 e. The lowest BCUT2D eigenvalue weighted by Crippen LogP contribution is -2.50. The van der Waals surface area contributed by atoms with Crippen LogP contribution in [-0.4, -0.2) is 147 Å². The number of hydrogen-bond donors (Lipinski definition) is 2. The topological polar surface area (TPSA) is 221 Å². The Morgan fingerprint density at radius 3 is 1.35 bits per heavy atom. The molecule has 0 radical (unpaired) electrons. The van der Waals surface area contributed by atoms with Crippen molar-refractivity contribution in [1.29, 1.82) is 0 Å². The third-order valence-electron chi connectivity index (χ3n) is 13.7. The predicted molar refractivity (Wildman–Crippen MR) is 219 cm³/mol. The number of carbonyl (C=O) groups is 2. The Hall–Kier alpha value is -3.56. The highest BCUT2D eigenvalue weighted by Crippen LogP contribution is 2.62. The van der Waals surface area contributed by atoms with Crippen molar-refractivity contribution in [2.45, 2.75) is 137 Å². The number of nitrogens with zero attached hydrogens (tertiary/aromatic N) is 6. The van der Waals surface area contributed by atoms with Crippen molar-refractivity contribution in [3.63, 3.8) is 0 Å². The fraction of sp³-hybridized carbons (Fsp3) is 0.750. The molecule has 0 spiro atoms. The largest absolute Gasteiger partial charge is 0.453 e. The summed E-state index contributed by atoms with van der Waals surface area (Å²) in [4.78, 5) is 45.7. The number of rotatable bonds is 12. The quantitative estimate of drug-likeness (QED) is 0.313. The number of likely N-dealkylation sites (tertiary alicyclic amines) is 2. The van der Waals surface area contributed by atoms with Gasteiger partial charge in [-0.2, -0.15) is 0 Å². The van der Waals surface area contributed by atoms with Gasteiger partial charge >= 0.3 is 12.2 Å². The van der Waals surface area contributed by atoms with Crippen LogP contribution in [0.1, 0.15) is 89.7 Å². The summed E-state index contributed by atoms with van der Waals surface area (Å²) in [5, 5.41) is 0. The molecule has 18 nitrogen and oxygen atoms in total. The second kappa shape index (κ2) is 17.7. The van der Waals surface area contributed by atoms with E-state index < -0.39 is 56.4 Å². The fourth-order valence-electron chi connectivity index (χ4n) is 10.7. The molecule has 60 heavy (non-hydrogen) atoms. The van der Waals surface area contributed by atoms with E-state index >= 15 is 0 Å². The number of nitrogens with one attached hydrogen (secondary N) is 2. The minimum atomic E-state index is -3.40. The molecule has 2 aliphatic heterocycles. The summed E-state index contributed by atoms with van der Waals surface area (Å²) < 4.78 is 74.9. The minimum absolute atomic E-state index is 0.0867. The Morgan fingerprint density at radius 2 is 1.03 bits per heavy atom. The lowest BCUT2D eigenvalue weighted by atomic mass is 9.86. The molecular formula is C40H60N8O10S2. The van der Waals surface area contributed by atoms with E-state index in [1.54, 1.807) is 34.6 Å². The Balaban J connectivity index is 0.000000181. The summed E-state index contributed by atoms with van der Waals surface area (Å²) in [6, 6.07) is 1.82. The van der Waals surface area contributed by atoms with Gasteiger partial charge in [-0.15, -0.1) is 0 Å². The van der Waals surface area contributed by atoms with Gasteiger partial charge in [-0.05, 0) is 102 Å². The van der Waals surface area contributed by atoms with Gasteiger partial charge in [0, 0.05) is 59.8 Å². The zero-order chi connectivity index (χ0) is 43.0. The number of methoxy groups -OCH3 is 2. The van der Waals surface area contributed by atoms with Gasteiger partial charge in [0.2, 0.25) is 20.0 Å². The van der Waals surface area contributed by atoms with Gasteiger partial charge in [0.05, 0.1) is 64.2 Å². The molecule has 0 unspecified atom stereocenters. The molecule has 2 aromatic rings. The van der Waals surface area contributed by atoms with Crippen LogP contribution in [0.5, 0.6) is 0 Å². The van der Waals surface area contributed by atoms with E-state index in [1.165, 1.54) is 14.2 Å². The highest BCUT2D eigenvalue weighted by molar-refractivity contribution is 7.89. The SMILES string of the molecule is COC(=O)N1[C@H](C)C[C@H](NS(C)(=O)=O)[C@@H]1CO[C@@H]1CC[C@]2(c3ncccn3)C[C@@H]2C1.COC(=O)N1[C@H](C)C[C@H](NS(C)(=O)=O)[C@@H]1CO[C@H]1CC[C@@]2(c3ncccn3)C[C@H]2C1. The zero-order valence-electron chi connectivity index (χ0n) is 35.3. The van der Waals surface area contributed by atoms with Gasteiger partial charge in [-0.1, -0.05) is 0 Å². The molecule has 20 heteroatoms. The molecule has 6 aliphatic rings. The highest BCUT2D eigenvalue weighted by atomic mass is 32.2. The molecule has 2 N–H and O–H groups in total. The third kappa shape index (κ3) is 9.72. The first kappa shape index (κ1) is 44.5. The number of hydrogen-bond acceptors (Lipinski definition) is 14. The maximum atomic E-state index is 12.3. The third-order valence-corrected chi connectivity index (χ3v) is 15.2. The lowest BCUT2D eigenvalue weighted by molar-refractivity contribution is -0.0103. The molecular weight excluding hydrogens is 817 g/mol. The smallest absolute Gasteiger partial charge is 0.410 e. The monoisotopic (exact) mass is 876 g/mol. The molecule has 4 heterocycles. The maximum absolute atomic E-state index is 12.3. The summed E-state index contributed by atoms with van der Waals surface area (Å²) in [6.07, 6.45) is 17.6. The van der Waals surface area contributed by atoms with Crippen LogP contribution >= 0.6 is 0 Å². The van der Waals surface area contributed by atoms with E-state index in [9.17, 15) is 26.4 Å². The molecule has 2 aromatic heterocycles. The van der Waals surface area contributed by atoms with Crippen LogP contribution in [0, 0.1) is 11.8 Å². The summed E-state index contributed by atoms with van der Waals surface area (Å²) in [6.45, 7) is 4.34. The van der Waals surface area contributed by atoms with Gasteiger partial charge in [-0.3, -0.25) is 9.80 Å². The molecule has 2 saturated heterocycles. The van der Waals surface area contributed by atoms with Crippen molar-refractivity contribution in [3.05, 3.63) is 48.6 Å². The van der Waals surface area contributed by atoms with Crippen LogP contribution in [0.4, 0.5) is 9.59 Å². The van der Waals surface area contributed by atoms with Crippen molar-refractivity contribution in [2.24, 2.45) is 11.8 Å². The van der Waals surface area contributed by atoms with Crippen molar-refractivity contribution >= 4 is 32.2 Å². The van der Waals surface area contributed by atoms with Gasteiger partial charge < -0.3 is 18.9 Å².